The molecule has 0 spiro atoms. The standard InChI is InChI=1S/C19H26N4O3S/c1-2-21-11-13-22(14-12-21)19(24)16-7-9-23(10-8-16)27(25,26)18-6-4-3-5-17(18)15-20/h3-6,16H,2,7-14H2,1H3. The van der Waals surface area contributed by atoms with E-state index in [1.807, 2.05) is 11.0 Å². The van der Waals surface area contributed by atoms with Gasteiger partial charge in [-0.15, -0.1) is 0 Å². The maximum atomic E-state index is 12.9. The largest absolute Gasteiger partial charge is 0.340 e. The molecule has 2 aliphatic heterocycles. The number of rotatable bonds is 4. The number of carbonyl (C=O) groups is 1. The van der Waals surface area contributed by atoms with Crippen molar-refractivity contribution in [3.63, 3.8) is 0 Å². The maximum Gasteiger partial charge on any atom is 0.244 e. The molecule has 1 aromatic rings. The lowest BCUT2D eigenvalue weighted by Gasteiger charge is -2.38. The zero-order valence-corrected chi connectivity index (χ0v) is 16.5. The lowest BCUT2D eigenvalue weighted by Crippen LogP contribution is -2.51. The summed E-state index contributed by atoms with van der Waals surface area (Å²) < 4.78 is 27.2. The Hall–Kier alpha value is -1.95. The number of carbonyl (C=O) groups excluding carboxylic acids is 1. The van der Waals surface area contributed by atoms with Gasteiger partial charge in [-0.3, -0.25) is 4.79 Å². The Bertz CT molecular complexity index is 818. The SMILES string of the molecule is CCN1CCN(C(=O)C2CCN(S(=O)(=O)c3ccccc3C#N)CC2)CC1. The van der Waals surface area contributed by atoms with Gasteiger partial charge in [-0.1, -0.05) is 19.1 Å². The van der Waals surface area contributed by atoms with Crippen molar-refractivity contribution >= 4 is 15.9 Å². The Morgan fingerprint density at radius 2 is 1.74 bits per heavy atom. The average molecular weight is 391 g/mol. The number of hydrogen-bond acceptors (Lipinski definition) is 5. The molecule has 146 valence electrons. The van der Waals surface area contributed by atoms with E-state index in [1.54, 1.807) is 12.1 Å². The van der Waals surface area contributed by atoms with Crippen molar-refractivity contribution in [1.82, 2.24) is 14.1 Å². The molecule has 3 rings (SSSR count). The zero-order valence-electron chi connectivity index (χ0n) is 15.7. The van der Waals surface area contributed by atoms with Crippen molar-refractivity contribution in [2.75, 3.05) is 45.8 Å². The molecule has 8 heteroatoms. The van der Waals surface area contributed by atoms with E-state index >= 15 is 0 Å². The van der Waals surface area contributed by atoms with Crippen LogP contribution in [0.3, 0.4) is 0 Å². The Morgan fingerprint density at radius 1 is 1.11 bits per heavy atom. The fraction of sp³-hybridized carbons (Fsp3) is 0.579. The molecule has 2 heterocycles. The Kier molecular flexibility index (Phi) is 6.15. The lowest BCUT2D eigenvalue weighted by molar-refractivity contribution is -0.138. The van der Waals surface area contributed by atoms with Crippen molar-refractivity contribution in [2.24, 2.45) is 5.92 Å². The summed E-state index contributed by atoms with van der Waals surface area (Å²) in [7, 11) is -3.71. The third kappa shape index (κ3) is 4.15. The first-order valence-electron chi connectivity index (χ1n) is 9.47. The van der Waals surface area contributed by atoms with Crippen molar-refractivity contribution in [3.8, 4) is 6.07 Å². The van der Waals surface area contributed by atoms with Gasteiger partial charge in [-0.25, -0.2) is 8.42 Å². The highest BCUT2D eigenvalue weighted by Crippen LogP contribution is 2.27. The maximum absolute atomic E-state index is 12.9. The van der Waals surface area contributed by atoms with Crippen LogP contribution < -0.4 is 0 Å². The van der Waals surface area contributed by atoms with E-state index in [-0.39, 0.29) is 22.3 Å². The third-order valence-electron chi connectivity index (χ3n) is 5.56. The second kappa shape index (κ2) is 8.38. The summed E-state index contributed by atoms with van der Waals surface area (Å²) in [4.78, 5) is 17.1. The van der Waals surface area contributed by atoms with Gasteiger partial charge < -0.3 is 9.80 Å². The summed E-state index contributed by atoms with van der Waals surface area (Å²) in [6.07, 6.45) is 1.06. The molecule has 0 N–H and O–H groups in total. The summed E-state index contributed by atoms with van der Waals surface area (Å²) >= 11 is 0. The topological polar surface area (TPSA) is 84.7 Å². The summed E-state index contributed by atoms with van der Waals surface area (Å²) in [5.41, 5.74) is 0.157. The molecule has 2 fully saturated rings. The summed E-state index contributed by atoms with van der Waals surface area (Å²) in [5.74, 6) is 0.0380. The van der Waals surface area contributed by atoms with Gasteiger partial charge in [0.05, 0.1) is 10.5 Å². The minimum atomic E-state index is -3.71. The number of nitrogens with zero attached hydrogens (tertiary/aromatic N) is 4. The van der Waals surface area contributed by atoms with Gasteiger partial charge in [0.15, 0.2) is 0 Å². The number of benzene rings is 1. The van der Waals surface area contributed by atoms with Crippen LogP contribution in [0.15, 0.2) is 29.2 Å². The van der Waals surface area contributed by atoms with Crippen LogP contribution in [0.1, 0.15) is 25.3 Å². The molecule has 27 heavy (non-hydrogen) atoms. The quantitative estimate of drug-likeness (QED) is 0.769. The molecule has 0 aliphatic carbocycles. The van der Waals surface area contributed by atoms with Crippen LogP contribution in [-0.2, 0) is 14.8 Å². The normalized spacial score (nSPS) is 20.4. The molecular formula is C19H26N4O3S. The van der Waals surface area contributed by atoms with E-state index in [1.165, 1.54) is 16.4 Å². The molecular weight excluding hydrogens is 364 g/mol. The molecule has 7 nitrogen and oxygen atoms in total. The number of piperazine rings is 1. The number of amides is 1. The molecule has 1 aromatic carbocycles. The Morgan fingerprint density at radius 3 is 2.33 bits per heavy atom. The highest BCUT2D eigenvalue weighted by molar-refractivity contribution is 7.89. The molecule has 2 saturated heterocycles. The predicted molar refractivity (Wildman–Crippen MR) is 101 cm³/mol. The van der Waals surface area contributed by atoms with Crippen molar-refractivity contribution in [1.29, 1.82) is 5.26 Å². The summed E-state index contributed by atoms with van der Waals surface area (Å²) in [5, 5.41) is 9.19. The smallest absolute Gasteiger partial charge is 0.244 e. The van der Waals surface area contributed by atoms with Gasteiger partial charge in [0.25, 0.3) is 0 Å². The molecule has 0 atom stereocenters. The van der Waals surface area contributed by atoms with E-state index in [2.05, 4.69) is 11.8 Å². The number of likely N-dealkylation sites (N-methyl/N-ethyl adjacent to an activating group) is 1. The van der Waals surface area contributed by atoms with E-state index in [9.17, 15) is 18.5 Å². The van der Waals surface area contributed by atoms with Gasteiger partial charge >= 0.3 is 0 Å². The molecule has 0 radical (unpaired) electrons. The summed E-state index contributed by atoms with van der Waals surface area (Å²) in [6.45, 7) is 7.06. The van der Waals surface area contributed by atoms with E-state index in [0.29, 0.717) is 25.9 Å². The van der Waals surface area contributed by atoms with E-state index < -0.39 is 10.0 Å². The zero-order chi connectivity index (χ0) is 19.4. The van der Waals surface area contributed by atoms with Crippen LogP contribution in [-0.4, -0.2) is 74.2 Å². The molecule has 0 unspecified atom stereocenters. The number of hydrogen-bond donors (Lipinski definition) is 0. The average Bonchev–Trinajstić information content (AvgIpc) is 2.73. The van der Waals surface area contributed by atoms with Crippen LogP contribution in [0.5, 0.6) is 0 Å². The fourth-order valence-corrected chi connectivity index (χ4v) is 5.42. The van der Waals surface area contributed by atoms with Gasteiger partial charge in [0.1, 0.15) is 6.07 Å². The van der Waals surface area contributed by atoms with Gasteiger partial charge in [-0.05, 0) is 31.5 Å². The van der Waals surface area contributed by atoms with Crippen LogP contribution in [0.25, 0.3) is 0 Å². The second-order valence-electron chi connectivity index (χ2n) is 7.05. The highest BCUT2D eigenvalue weighted by atomic mass is 32.2. The Labute approximate surface area is 161 Å². The van der Waals surface area contributed by atoms with Crippen LogP contribution in [0, 0.1) is 17.2 Å². The molecule has 0 bridgehead atoms. The second-order valence-corrected chi connectivity index (χ2v) is 8.95. The first kappa shape index (κ1) is 19.8. The summed E-state index contributed by atoms with van der Waals surface area (Å²) in [6, 6.07) is 8.21. The number of nitriles is 1. The van der Waals surface area contributed by atoms with E-state index in [4.69, 9.17) is 0 Å². The van der Waals surface area contributed by atoms with Crippen LogP contribution in [0.4, 0.5) is 0 Å². The third-order valence-corrected chi connectivity index (χ3v) is 7.52. The van der Waals surface area contributed by atoms with Crippen molar-refractivity contribution in [3.05, 3.63) is 29.8 Å². The first-order valence-corrected chi connectivity index (χ1v) is 10.9. The van der Waals surface area contributed by atoms with Crippen molar-refractivity contribution in [2.45, 2.75) is 24.7 Å². The molecule has 0 saturated carbocycles. The van der Waals surface area contributed by atoms with Crippen LogP contribution in [0.2, 0.25) is 0 Å². The number of piperidine rings is 1. The molecule has 2 aliphatic rings. The first-order chi connectivity index (χ1) is 13.0. The number of sulfonamides is 1. The fourth-order valence-electron chi connectivity index (χ4n) is 3.81. The lowest BCUT2D eigenvalue weighted by atomic mass is 9.96. The monoisotopic (exact) mass is 390 g/mol. The van der Waals surface area contributed by atoms with E-state index in [0.717, 1.165) is 32.7 Å². The van der Waals surface area contributed by atoms with Crippen molar-refractivity contribution < 1.29 is 13.2 Å². The van der Waals surface area contributed by atoms with Crippen LogP contribution >= 0.6 is 0 Å². The minimum Gasteiger partial charge on any atom is -0.340 e. The molecule has 1 amide bonds. The Balaban J connectivity index is 1.62. The molecule has 0 aromatic heterocycles. The predicted octanol–water partition coefficient (Wildman–Crippen LogP) is 1.12. The minimum absolute atomic E-state index is 0.0490. The van der Waals surface area contributed by atoms with Gasteiger partial charge in [0.2, 0.25) is 15.9 Å². The highest BCUT2D eigenvalue weighted by Gasteiger charge is 2.35. The van der Waals surface area contributed by atoms with Gasteiger partial charge in [-0.2, -0.15) is 9.57 Å². The van der Waals surface area contributed by atoms with Gasteiger partial charge in [0, 0.05) is 45.2 Å².